The Morgan fingerprint density at radius 3 is 1.81 bits per heavy atom. The van der Waals surface area contributed by atoms with Gasteiger partial charge in [0.05, 0.1) is 0 Å². The standard InChI is InChI=1S/C21H25.C5H5.C2H6Si.2ClH.Hf/c1-20(2,3)16-7-9-18-14(12-16)11-15-13-17(21(4,5)6)8-10-19(15)18;1-2-4-5-3-1;1-3-2;;;/h7-10,12H,11H2,1-6H3;1-5H;1-2H3;2*1H;/q2*-1;;;;+2/p-2. The number of hydrogen-bond acceptors (Lipinski definition) is 0. The molecule has 3 aromatic carbocycles. The molecular formula is C28H36Cl2HfSi-2. The van der Waals surface area contributed by atoms with Gasteiger partial charge >= 0.3 is 41.6 Å². The minimum absolute atomic E-state index is 0. The molecule has 0 saturated heterocycles. The molecule has 0 aromatic heterocycles. The number of hydrogen-bond donors (Lipinski definition) is 0. The molecule has 1 aliphatic rings. The van der Waals surface area contributed by atoms with Crippen molar-refractivity contribution in [3.63, 3.8) is 0 Å². The van der Waals surface area contributed by atoms with E-state index >= 15 is 0 Å². The summed E-state index contributed by atoms with van der Waals surface area (Å²) in [5.41, 5.74) is 8.96. The molecule has 0 N–H and O–H groups in total. The van der Waals surface area contributed by atoms with Crippen LogP contribution in [-0.4, -0.2) is 5.49 Å². The average Bonchev–Trinajstić information content (AvgIpc) is 3.30. The van der Waals surface area contributed by atoms with E-state index in [0.717, 1.165) is 6.42 Å². The predicted octanol–water partition coefficient (Wildman–Crippen LogP) is 1.85. The van der Waals surface area contributed by atoms with Crippen LogP contribution in [0.5, 0.6) is 0 Å². The molecule has 0 amide bonds. The van der Waals surface area contributed by atoms with Gasteiger partial charge in [0.25, 0.3) is 0 Å². The van der Waals surface area contributed by atoms with E-state index in [1.54, 1.807) is 0 Å². The van der Waals surface area contributed by atoms with Crippen molar-refractivity contribution < 1.29 is 47.8 Å². The molecule has 0 aliphatic heterocycles. The normalized spacial score (nSPS) is 11.3. The molecule has 0 spiro atoms. The summed E-state index contributed by atoms with van der Waals surface area (Å²) in [4.78, 5) is 0. The van der Waals surface area contributed by atoms with Gasteiger partial charge in [0.15, 0.2) is 0 Å². The predicted molar refractivity (Wildman–Crippen MR) is 130 cm³/mol. The van der Waals surface area contributed by atoms with Crippen molar-refractivity contribution in [1.82, 2.24) is 0 Å². The van der Waals surface area contributed by atoms with Crippen molar-refractivity contribution in [3.05, 3.63) is 89.0 Å². The fourth-order valence-corrected chi connectivity index (χ4v) is 3.35. The molecule has 4 rings (SSSR count). The average molecular weight is 650 g/mol. The van der Waals surface area contributed by atoms with Gasteiger partial charge in [-0.15, -0.1) is 11.1 Å². The molecule has 0 fully saturated rings. The maximum Gasteiger partial charge on any atom is -0.172 e. The van der Waals surface area contributed by atoms with Gasteiger partial charge in [-0.05, 0) is 28.4 Å². The van der Waals surface area contributed by atoms with E-state index in [0.29, 0.717) is 0 Å². The summed E-state index contributed by atoms with van der Waals surface area (Å²) in [5.74, 6) is 0. The Balaban J connectivity index is 0.000000739. The SMILES string of the molecule is CC(C)(C)c1[c-]c2c(cc1)-c1ccc(C(C)(C)C)cc1C2.C[Si](C)=[Hf+2].[Cl-].[Cl-].c1cc[cH-]c1. The Labute approximate surface area is 223 Å². The van der Waals surface area contributed by atoms with E-state index in [4.69, 9.17) is 0 Å². The Morgan fingerprint density at radius 2 is 1.38 bits per heavy atom. The van der Waals surface area contributed by atoms with Crippen LogP contribution in [0.1, 0.15) is 63.8 Å². The first kappa shape index (κ1) is 31.5. The topological polar surface area (TPSA) is 0 Å². The van der Waals surface area contributed by atoms with Crippen LogP contribution in [-0.2, 0) is 40.3 Å². The van der Waals surface area contributed by atoms with Crippen LogP contribution in [0.25, 0.3) is 11.1 Å². The monoisotopic (exact) mass is 650 g/mol. The van der Waals surface area contributed by atoms with Crippen molar-refractivity contribution in [1.29, 1.82) is 0 Å². The largest absolute Gasteiger partial charge is 1.00 e. The smallest absolute Gasteiger partial charge is 0.172 e. The number of fused-ring (bicyclic) bond motifs is 3. The van der Waals surface area contributed by atoms with Crippen LogP contribution in [0, 0.1) is 6.07 Å². The van der Waals surface area contributed by atoms with E-state index in [-0.39, 0.29) is 41.1 Å². The minimum atomic E-state index is 0. The summed E-state index contributed by atoms with van der Waals surface area (Å²) in [5, 5.41) is 0. The molecule has 4 heteroatoms. The second-order valence-corrected chi connectivity index (χ2v) is 23.1. The summed E-state index contributed by atoms with van der Waals surface area (Å²) in [7, 11) is 0. The zero-order valence-electron chi connectivity index (χ0n) is 20.7. The van der Waals surface area contributed by atoms with Crippen LogP contribution in [0.2, 0.25) is 13.1 Å². The van der Waals surface area contributed by atoms with Crippen LogP contribution < -0.4 is 24.8 Å². The van der Waals surface area contributed by atoms with E-state index in [2.05, 4.69) is 91.0 Å². The number of rotatable bonds is 0. The summed E-state index contributed by atoms with van der Waals surface area (Å²) in [6, 6.07) is 25.2. The molecule has 0 nitrogen and oxygen atoms in total. The van der Waals surface area contributed by atoms with E-state index in [1.165, 1.54) is 56.4 Å². The number of benzene rings is 2. The van der Waals surface area contributed by atoms with Crippen molar-refractivity contribution in [2.24, 2.45) is 0 Å². The molecule has 0 radical (unpaired) electrons. The second kappa shape index (κ2) is 13.4. The van der Waals surface area contributed by atoms with Gasteiger partial charge in [0.2, 0.25) is 0 Å². The molecule has 3 aromatic rings. The molecule has 0 unspecified atom stereocenters. The maximum absolute atomic E-state index is 3.67. The Morgan fingerprint density at radius 1 is 0.844 bits per heavy atom. The van der Waals surface area contributed by atoms with Crippen LogP contribution in [0.3, 0.4) is 0 Å². The molecule has 32 heavy (non-hydrogen) atoms. The van der Waals surface area contributed by atoms with Gasteiger partial charge in [-0.2, -0.15) is 42.0 Å². The van der Waals surface area contributed by atoms with Crippen LogP contribution in [0.15, 0.2) is 60.7 Å². The first-order valence-electron chi connectivity index (χ1n) is 10.8. The number of halogens is 2. The first-order valence-corrected chi connectivity index (χ1v) is 18.7. The van der Waals surface area contributed by atoms with Crippen LogP contribution >= 0.6 is 0 Å². The molecule has 0 heterocycles. The molecule has 0 saturated carbocycles. The van der Waals surface area contributed by atoms with Gasteiger partial charge in [-0.3, -0.25) is 0 Å². The molecule has 172 valence electrons. The maximum atomic E-state index is 3.67. The molecule has 0 bridgehead atoms. The third-order valence-corrected chi connectivity index (χ3v) is 5.02. The van der Waals surface area contributed by atoms with E-state index < -0.39 is 0 Å². The third-order valence-electron chi connectivity index (χ3n) is 5.02. The van der Waals surface area contributed by atoms with Crippen molar-refractivity contribution >= 4 is 5.49 Å². The summed E-state index contributed by atoms with van der Waals surface area (Å²) < 4.78 is 0. The van der Waals surface area contributed by atoms with Crippen LogP contribution in [0.4, 0.5) is 0 Å². The van der Waals surface area contributed by atoms with Crippen molar-refractivity contribution in [3.8, 4) is 11.1 Å². The summed E-state index contributed by atoms with van der Waals surface area (Å²) in [6.07, 6.45) is 1.03. The Bertz CT molecular complexity index is 895. The quantitative estimate of drug-likeness (QED) is 0.202. The van der Waals surface area contributed by atoms with E-state index in [9.17, 15) is 0 Å². The fourth-order valence-electron chi connectivity index (χ4n) is 3.35. The molecule has 0 atom stereocenters. The zero-order chi connectivity index (χ0) is 22.5. The Hall–Kier alpha value is -0.543. The fraction of sp³-hybridized carbons (Fsp3) is 0.393. The summed E-state index contributed by atoms with van der Waals surface area (Å²) in [6.45, 7) is 18.3. The van der Waals surface area contributed by atoms with Gasteiger partial charge in [0, 0.05) is 0 Å². The van der Waals surface area contributed by atoms with E-state index in [1.807, 2.05) is 30.3 Å². The van der Waals surface area contributed by atoms with Gasteiger partial charge in [0.1, 0.15) is 0 Å². The second-order valence-electron chi connectivity index (χ2n) is 10.3. The van der Waals surface area contributed by atoms with Crippen molar-refractivity contribution in [2.75, 3.05) is 0 Å². The molecular weight excluding hydrogens is 614 g/mol. The Kier molecular flexibility index (Phi) is 13.1. The zero-order valence-corrected chi connectivity index (χ0v) is 26.8. The third kappa shape index (κ3) is 9.37. The van der Waals surface area contributed by atoms with Gasteiger partial charge < -0.3 is 24.8 Å². The van der Waals surface area contributed by atoms with Gasteiger partial charge in [-0.1, -0.05) is 65.3 Å². The minimum Gasteiger partial charge on any atom is -1.00 e. The molecule has 1 aliphatic carbocycles. The first-order chi connectivity index (χ1) is 13.9. The van der Waals surface area contributed by atoms with Crippen molar-refractivity contribution in [2.45, 2.75) is 71.9 Å². The summed E-state index contributed by atoms with van der Waals surface area (Å²) >= 11 is 1.45. The van der Waals surface area contributed by atoms with Gasteiger partial charge in [-0.25, -0.2) is 12.1 Å².